The molecule has 1 aromatic rings. The second-order valence-electron chi connectivity index (χ2n) is 4.82. The molecule has 1 aliphatic heterocycles. The van der Waals surface area contributed by atoms with E-state index in [1.165, 1.54) is 0 Å². The van der Waals surface area contributed by atoms with E-state index in [0.29, 0.717) is 22.7 Å². The minimum atomic E-state index is -0.0859. The molecule has 1 saturated heterocycles. The van der Waals surface area contributed by atoms with Gasteiger partial charge in [0.2, 0.25) is 0 Å². The first-order valence-corrected chi connectivity index (χ1v) is 6.79. The van der Waals surface area contributed by atoms with Crippen molar-refractivity contribution in [2.75, 3.05) is 6.61 Å². The van der Waals surface area contributed by atoms with Gasteiger partial charge in [0.15, 0.2) is 0 Å². The maximum absolute atomic E-state index is 12.2. The largest absolute Gasteiger partial charge is 0.389 e. The molecule has 1 aromatic carbocycles. The molecule has 0 saturated carbocycles. The minimum Gasteiger partial charge on any atom is -0.389 e. The molecule has 0 aromatic heterocycles. The van der Waals surface area contributed by atoms with Gasteiger partial charge in [-0.15, -0.1) is 0 Å². The van der Waals surface area contributed by atoms with Crippen LogP contribution < -0.4 is 11.1 Å². The van der Waals surface area contributed by atoms with Crippen LogP contribution in [0.5, 0.6) is 0 Å². The standard InChI is InChI=1S/C14H18N2O2S/c1-9-7-12(5-6-18-9)16-14(17)11-4-2-3-10(8-11)13(15)19/h2-4,8-9,12H,5-7H2,1H3,(H2,15,19)(H,16,17). The molecule has 2 unspecified atom stereocenters. The number of nitrogens with two attached hydrogens (primary N) is 1. The highest BCUT2D eigenvalue weighted by Gasteiger charge is 2.21. The van der Waals surface area contributed by atoms with Crippen LogP contribution in [0.3, 0.4) is 0 Å². The van der Waals surface area contributed by atoms with E-state index in [2.05, 4.69) is 5.32 Å². The Bertz CT molecular complexity index is 490. The topological polar surface area (TPSA) is 64.4 Å². The van der Waals surface area contributed by atoms with Gasteiger partial charge >= 0.3 is 0 Å². The average molecular weight is 278 g/mol. The van der Waals surface area contributed by atoms with Crippen LogP contribution in [0.1, 0.15) is 35.7 Å². The number of thiocarbonyl (C=S) groups is 1. The maximum atomic E-state index is 12.2. The van der Waals surface area contributed by atoms with Gasteiger partial charge in [0, 0.05) is 23.8 Å². The van der Waals surface area contributed by atoms with Crippen LogP contribution >= 0.6 is 12.2 Å². The Hall–Kier alpha value is -1.46. The summed E-state index contributed by atoms with van der Waals surface area (Å²) < 4.78 is 5.46. The van der Waals surface area contributed by atoms with E-state index < -0.39 is 0 Å². The summed E-state index contributed by atoms with van der Waals surface area (Å²) in [6.45, 7) is 2.71. The first-order chi connectivity index (χ1) is 9.06. The molecule has 1 aliphatic rings. The van der Waals surface area contributed by atoms with Crippen LogP contribution in [0.15, 0.2) is 24.3 Å². The summed E-state index contributed by atoms with van der Waals surface area (Å²) in [7, 11) is 0. The summed E-state index contributed by atoms with van der Waals surface area (Å²) in [5, 5.41) is 3.03. The van der Waals surface area contributed by atoms with Crippen molar-refractivity contribution in [3.8, 4) is 0 Å². The maximum Gasteiger partial charge on any atom is 0.251 e. The molecule has 1 fully saturated rings. The molecule has 0 bridgehead atoms. The molecule has 0 spiro atoms. The second kappa shape index (κ2) is 6.12. The first kappa shape index (κ1) is 14.0. The minimum absolute atomic E-state index is 0.0859. The molecule has 3 N–H and O–H groups in total. The molecule has 2 rings (SSSR count). The summed E-state index contributed by atoms with van der Waals surface area (Å²) in [5.74, 6) is -0.0859. The number of hydrogen-bond donors (Lipinski definition) is 2. The van der Waals surface area contributed by atoms with E-state index in [1.54, 1.807) is 24.3 Å². The molecule has 4 nitrogen and oxygen atoms in total. The third kappa shape index (κ3) is 3.75. The highest BCUT2D eigenvalue weighted by Crippen LogP contribution is 2.14. The van der Waals surface area contributed by atoms with Gasteiger partial charge in [-0.1, -0.05) is 24.4 Å². The molecular weight excluding hydrogens is 260 g/mol. The van der Waals surface area contributed by atoms with Crippen molar-refractivity contribution in [1.29, 1.82) is 0 Å². The lowest BCUT2D eigenvalue weighted by molar-refractivity contribution is 0.0136. The number of rotatable bonds is 3. The Balaban J connectivity index is 2.03. The van der Waals surface area contributed by atoms with Crippen LogP contribution in [-0.4, -0.2) is 29.6 Å². The van der Waals surface area contributed by atoms with Gasteiger partial charge in [0.1, 0.15) is 4.99 Å². The SMILES string of the molecule is CC1CC(NC(=O)c2cccc(C(N)=S)c2)CCO1. The predicted molar refractivity (Wildman–Crippen MR) is 78.2 cm³/mol. The number of hydrogen-bond acceptors (Lipinski definition) is 3. The smallest absolute Gasteiger partial charge is 0.251 e. The Morgan fingerprint density at radius 3 is 2.89 bits per heavy atom. The number of benzene rings is 1. The highest BCUT2D eigenvalue weighted by molar-refractivity contribution is 7.80. The highest BCUT2D eigenvalue weighted by atomic mass is 32.1. The fourth-order valence-corrected chi connectivity index (χ4v) is 2.34. The van der Waals surface area contributed by atoms with Crippen molar-refractivity contribution in [2.45, 2.75) is 31.9 Å². The Morgan fingerprint density at radius 1 is 1.47 bits per heavy atom. The summed E-state index contributed by atoms with van der Waals surface area (Å²) in [6, 6.07) is 7.25. The Labute approximate surface area is 118 Å². The van der Waals surface area contributed by atoms with Gasteiger partial charge in [-0.2, -0.15) is 0 Å². The van der Waals surface area contributed by atoms with Crippen LogP contribution in [0.25, 0.3) is 0 Å². The zero-order chi connectivity index (χ0) is 13.8. The van der Waals surface area contributed by atoms with Gasteiger partial charge in [0.25, 0.3) is 5.91 Å². The summed E-state index contributed by atoms with van der Waals surface area (Å²) in [6.07, 6.45) is 1.90. The summed E-state index contributed by atoms with van der Waals surface area (Å²) in [5.41, 5.74) is 6.87. The van der Waals surface area contributed by atoms with Crippen molar-refractivity contribution in [1.82, 2.24) is 5.32 Å². The molecule has 2 atom stereocenters. The fourth-order valence-electron chi connectivity index (χ4n) is 2.21. The lowest BCUT2D eigenvalue weighted by atomic mass is 10.0. The lowest BCUT2D eigenvalue weighted by Gasteiger charge is -2.28. The number of carbonyl (C=O) groups is 1. The first-order valence-electron chi connectivity index (χ1n) is 6.38. The van der Waals surface area contributed by atoms with E-state index in [1.807, 2.05) is 6.92 Å². The van der Waals surface area contributed by atoms with E-state index >= 15 is 0 Å². The third-order valence-electron chi connectivity index (χ3n) is 3.23. The van der Waals surface area contributed by atoms with Crippen LogP contribution in [0, 0.1) is 0 Å². The van der Waals surface area contributed by atoms with Crippen LogP contribution in [-0.2, 0) is 4.74 Å². The van der Waals surface area contributed by atoms with E-state index in [-0.39, 0.29) is 18.1 Å². The summed E-state index contributed by atoms with van der Waals surface area (Å²) >= 11 is 4.91. The van der Waals surface area contributed by atoms with Crippen molar-refractivity contribution >= 4 is 23.1 Å². The van der Waals surface area contributed by atoms with E-state index in [4.69, 9.17) is 22.7 Å². The molecule has 19 heavy (non-hydrogen) atoms. The summed E-state index contributed by atoms with van der Waals surface area (Å²) in [4.78, 5) is 12.5. The molecule has 1 heterocycles. The molecule has 1 amide bonds. The third-order valence-corrected chi connectivity index (χ3v) is 3.47. The number of ether oxygens (including phenoxy) is 1. The predicted octanol–water partition coefficient (Wildman–Crippen LogP) is 1.62. The van der Waals surface area contributed by atoms with E-state index in [9.17, 15) is 4.79 Å². The molecule has 5 heteroatoms. The van der Waals surface area contributed by atoms with Gasteiger partial charge in [-0.05, 0) is 31.9 Å². The second-order valence-corrected chi connectivity index (χ2v) is 5.26. The zero-order valence-electron chi connectivity index (χ0n) is 10.9. The Morgan fingerprint density at radius 2 is 2.21 bits per heavy atom. The molecular formula is C14H18N2O2S. The molecule has 102 valence electrons. The fraction of sp³-hybridized carbons (Fsp3) is 0.429. The number of amides is 1. The number of nitrogens with one attached hydrogen (secondary N) is 1. The van der Waals surface area contributed by atoms with Crippen molar-refractivity contribution in [3.05, 3.63) is 35.4 Å². The van der Waals surface area contributed by atoms with Gasteiger partial charge in [0.05, 0.1) is 6.10 Å². The molecule has 0 radical (unpaired) electrons. The monoisotopic (exact) mass is 278 g/mol. The van der Waals surface area contributed by atoms with Crippen molar-refractivity contribution < 1.29 is 9.53 Å². The van der Waals surface area contributed by atoms with Gasteiger partial charge in [-0.25, -0.2) is 0 Å². The van der Waals surface area contributed by atoms with Crippen molar-refractivity contribution in [2.24, 2.45) is 5.73 Å². The van der Waals surface area contributed by atoms with Crippen LogP contribution in [0.2, 0.25) is 0 Å². The lowest BCUT2D eigenvalue weighted by Crippen LogP contribution is -2.41. The van der Waals surface area contributed by atoms with Gasteiger partial charge < -0.3 is 15.8 Å². The quantitative estimate of drug-likeness (QED) is 0.825. The number of carbonyl (C=O) groups excluding carboxylic acids is 1. The van der Waals surface area contributed by atoms with E-state index in [0.717, 1.165) is 12.8 Å². The normalized spacial score (nSPS) is 22.8. The Kier molecular flexibility index (Phi) is 4.50. The van der Waals surface area contributed by atoms with Crippen LogP contribution in [0.4, 0.5) is 0 Å². The van der Waals surface area contributed by atoms with Gasteiger partial charge in [-0.3, -0.25) is 4.79 Å². The van der Waals surface area contributed by atoms with Crippen molar-refractivity contribution in [3.63, 3.8) is 0 Å². The average Bonchev–Trinajstić information content (AvgIpc) is 2.39. The zero-order valence-corrected chi connectivity index (χ0v) is 11.7. The molecule has 0 aliphatic carbocycles.